The summed E-state index contributed by atoms with van der Waals surface area (Å²) in [7, 11) is 1.69. The Hall–Kier alpha value is -3.56. The fourth-order valence-corrected chi connectivity index (χ4v) is 5.96. The van der Waals surface area contributed by atoms with Gasteiger partial charge in [0, 0.05) is 32.1 Å². The number of hydrogen-bond acceptors (Lipinski definition) is 7. The van der Waals surface area contributed by atoms with Gasteiger partial charge >= 0.3 is 0 Å². The van der Waals surface area contributed by atoms with Gasteiger partial charge in [0.15, 0.2) is 11.6 Å². The molecule has 4 heterocycles. The van der Waals surface area contributed by atoms with Crippen LogP contribution in [0.4, 0.5) is 11.6 Å². The van der Waals surface area contributed by atoms with Gasteiger partial charge in [-0.3, -0.25) is 9.59 Å². The van der Waals surface area contributed by atoms with E-state index in [0.717, 1.165) is 30.5 Å². The molecule has 184 valence electrons. The van der Waals surface area contributed by atoms with Crippen LogP contribution in [0.25, 0.3) is 22.1 Å². The van der Waals surface area contributed by atoms with Gasteiger partial charge in [-0.1, -0.05) is 34.4 Å². The van der Waals surface area contributed by atoms with E-state index in [2.05, 4.69) is 20.4 Å². The number of nitrogen functional groups attached to an aromatic ring is 1. The van der Waals surface area contributed by atoms with Gasteiger partial charge in [-0.2, -0.15) is 0 Å². The predicted octanol–water partition coefficient (Wildman–Crippen LogP) is 3.87. The van der Waals surface area contributed by atoms with Crippen molar-refractivity contribution in [2.24, 2.45) is 13.0 Å². The largest absolute Gasteiger partial charge is 0.380 e. The minimum absolute atomic E-state index is 0.0470. The molecule has 1 saturated heterocycles. The fraction of sp³-hybridized carbons (Fsp3) is 0.280. The zero-order chi connectivity index (χ0) is 25.1. The van der Waals surface area contributed by atoms with Crippen molar-refractivity contribution in [3.05, 3.63) is 68.7 Å². The Balaban J connectivity index is 1.24. The first-order valence-electron chi connectivity index (χ1n) is 11.6. The van der Waals surface area contributed by atoms with Crippen LogP contribution < -0.4 is 21.5 Å². The molecule has 1 aliphatic heterocycles. The van der Waals surface area contributed by atoms with Crippen molar-refractivity contribution in [1.29, 1.82) is 0 Å². The number of rotatable bonds is 4. The number of carbonyl (C=O) groups is 1. The number of halogens is 2. The average molecular weight is 525 g/mol. The van der Waals surface area contributed by atoms with E-state index in [9.17, 15) is 9.59 Å². The molecular formula is C25H22Cl2N6O3. The van der Waals surface area contributed by atoms with Crippen molar-refractivity contribution in [3.63, 3.8) is 0 Å². The van der Waals surface area contributed by atoms with Crippen molar-refractivity contribution in [3.8, 4) is 11.1 Å². The summed E-state index contributed by atoms with van der Waals surface area (Å²) in [6.07, 6.45) is 5.20. The van der Waals surface area contributed by atoms with Gasteiger partial charge in [0.2, 0.25) is 11.1 Å². The number of fused-ring (bicyclic) bond motifs is 3. The number of anilines is 2. The molecular weight excluding hydrogens is 503 g/mol. The van der Waals surface area contributed by atoms with Crippen LogP contribution in [-0.2, 0) is 7.05 Å². The topological polar surface area (TPSA) is 119 Å². The van der Waals surface area contributed by atoms with Crippen LogP contribution in [0.15, 0.2) is 52.0 Å². The van der Waals surface area contributed by atoms with Crippen molar-refractivity contribution < 1.29 is 9.32 Å². The minimum Gasteiger partial charge on any atom is -0.380 e. The molecule has 6 rings (SSSR count). The van der Waals surface area contributed by atoms with Gasteiger partial charge in [-0.05, 0) is 48.1 Å². The van der Waals surface area contributed by atoms with Crippen LogP contribution >= 0.6 is 23.2 Å². The summed E-state index contributed by atoms with van der Waals surface area (Å²) < 4.78 is 6.96. The van der Waals surface area contributed by atoms with Crippen LogP contribution in [0.2, 0.25) is 10.0 Å². The quantitative estimate of drug-likeness (QED) is 0.415. The molecule has 3 unspecified atom stereocenters. The molecule has 0 radical (unpaired) electrons. The summed E-state index contributed by atoms with van der Waals surface area (Å²) in [5.41, 5.74) is 8.35. The third kappa shape index (κ3) is 3.61. The molecule has 0 spiro atoms. The Morgan fingerprint density at radius 3 is 2.75 bits per heavy atom. The van der Waals surface area contributed by atoms with Crippen LogP contribution in [0.5, 0.6) is 0 Å². The van der Waals surface area contributed by atoms with E-state index in [0.29, 0.717) is 32.4 Å². The lowest BCUT2D eigenvalue weighted by Gasteiger charge is -2.28. The molecule has 3 atom stereocenters. The zero-order valence-corrected chi connectivity index (χ0v) is 20.8. The number of amides is 1. The van der Waals surface area contributed by atoms with Crippen LogP contribution in [0.3, 0.4) is 0 Å². The van der Waals surface area contributed by atoms with E-state index < -0.39 is 0 Å². The first-order valence-corrected chi connectivity index (χ1v) is 12.3. The van der Waals surface area contributed by atoms with Gasteiger partial charge in [0.1, 0.15) is 0 Å². The highest BCUT2D eigenvalue weighted by Gasteiger charge is 2.49. The molecule has 36 heavy (non-hydrogen) atoms. The molecule has 4 aromatic rings. The number of nitrogens with two attached hydrogens (primary N) is 1. The first kappa shape index (κ1) is 22.9. The van der Waals surface area contributed by atoms with Gasteiger partial charge in [0.25, 0.3) is 5.91 Å². The van der Waals surface area contributed by atoms with Crippen molar-refractivity contribution in [2.75, 3.05) is 17.2 Å². The zero-order valence-electron chi connectivity index (χ0n) is 19.2. The summed E-state index contributed by atoms with van der Waals surface area (Å²) in [5, 5.41) is 8.34. The van der Waals surface area contributed by atoms with E-state index in [1.54, 1.807) is 37.6 Å². The van der Waals surface area contributed by atoms with Crippen molar-refractivity contribution >= 4 is 51.7 Å². The number of aryl methyl sites for hydroxylation is 1. The molecule has 1 amide bonds. The molecule has 1 aliphatic carbocycles. The molecule has 1 aromatic carbocycles. The number of benzene rings is 1. The Labute approximate surface area is 215 Å². The third-order valence-corrected chi connectivity index (χ3v) is 7.85. The summed E-state index contributed by atoms with van der Waals surface area (Å²) in [6.45, 7) is 0.722. The lowest BCUT2D eigenvalue weighted by atomic mass is 10.0. The summed E-state index contributed by atoms with van der Waals surface area (Å²) in [5.74, 6) is 0.887. The Morgan fingerprint density at radius 2 is 1.97 bits per heavy atom. The molecule has 3 N–H and O–H groups in total. The second-order valence-electron chi connectivity index (χ2n) is 9.32. The number of nitrogens with one attached hydrogen (secondary N) is 1. The fourth-order valence-electron chi connectivity index (χ4n) is 5.46. The van der Waals surface area contributed by atoms with Crippen molar-refractivity contribution in [1.82, 2.24) is 20.0 Å². The third-order valence-electron chi connectivity index (χ3n) is 7.25. The standard InChI is InChI=1S/C25H22Cl2N6O3/c1-32-10-13(4-7-19(32)34)12-2-5-15(16(26)8-12)25(35)30-21-14-3-6-18(21)33(11-14)24-22-20(17(27)9-29-24)23(28)31-36-22/h2,4-5,7-10,14,18,21H,3,6,11H2,1H3,(H2,28,31)(H,30,35). The van der Waals surface area contributed by atoms with Gasteiger partial charge in [-0.25, -0.2) is 4.98 Å². The lowest BCUT2D eigenvalue weighted by molar-refractivity contribution is 0.0932. The molecule has 2 fully saturated rings. The second-order valence-corrected chi connectivity index (χ2v) is 10.1. The highest BCUT2D eigenvalue weighted by molar-refractivity contribution is 6.36. The molecule has 9 nitrogen and oxygen atoms in total. The average Bonchev–Trinajstić information content (AvgIpc) is 3.54. The number of carbonyl (C=O) groups excluding carboxylic acids is 1. The van der Waals surface area contributed by atoms with Crippen LogP contribution in [-0.4, -0.2) is 39.2 Å². The van der Waals surface area contributed by atoms with Gasteiger partial charge < -0.3 is 25.0 Å². The second kappa shape index (κ2) is 8.53. The van der Waals surface area contributed by atoms with Crippen LogP contribution in [0, 0.1) is 5.92 Å². The maximum absolute atomic E-state index is 13.3. The monoisotopic (exact) mass is 524 g/mol. The Kier molecular flexibility index (Phi) is 5.42. The maximum Gasteiger partial charge on any atom is 0.253 e. The first-order chi connectivity index (χ1) is 17.3. The molecule has 3 aromatic heterocycles. The Bertz CT molecular complexity index is 1580. The van der Waals surface area contributed by atoms with Gasteiger partial charge in [0.05, 0.1) is 33.1 Å². The van der Waals surface area contributed by atoms with E-state index in [1.807, 2.05) is 6.07 Å². The minimum atomic E-state index is -0.228. The summed E-state index contributed by atoms with van der Waals surface area (Å²) in [6, 6.07) is 8.52. The Morgan fingerprint density at radius 1 is 1.17 bits per heavy atom. The predicted molar refractivity (Wildman–Crippen MR) is 138 cm³/mol. The highest BCUT2D eigenvalue weighted by Crippen LogP contribution is 2.43. The lowest BCUT2D eigenvalue weighted by Crippen LogP contribution is -2.44. The summed E-state index contributed by atoms with van der Waals surface area (Å²) >= 11 is 12.8. The van der Waals surface area contributed by atoms with Crippen LogP contribution in [0.1, 0.15) is 23.2 Å². The normalized spacial score (nSPS) is 20.9. The van der Waals surface area contributed by atoms with Gasteiger partial charge in [-0.15, -0.1) is 0 Å². The SMILES string of the molecule is Cn1cc(-c2ccc(C(=O)NC3C4CCC3N(c3ncc(Cl)c5c(N)noc35)C4)c(Cl)c2)ccc1=O. The number of piperidine rings is 1. The molecule has 11 heteroatoms. The maximum atomic E-state index is 13.3. The number of aromatic nitrogens is 3. The van der Waals surface area contributed by atoms with E-state index in [4.69, 9.17) is 33.5 Å². The smallest absolute Gasteiger partial charge is 0.253 e. The molecule has 2 bridgehead atoms. The number of nitrogens with zero attached hydrogens (tertiary/aromatic N) is 4. The number of pyridine rings is 2. The summed E-state index contributed by atoms with van der Waals surface area (Å²) in [4.78, 5) is 31.6. The van der Waals surface area contributed by atoms with Crippen molar-refractivity contribution in [2.45, 2.75) is 24.9 Å². The highest BCUT2D eigenvalue weighted by atomic mass is 35.5. The molecule has 1 saturated carbocycles. The molecule has 2 aliphatic rings. The van der Waals surface area contributed by atoms with E-state index in [1.165, 1.54) is 10.6 Å². The van der Waals surface area contributed by atoms with E-state index >= 15 is 0 Å². The number of hydrogen-bond donors (Lipinski definition) is 2. The van der Waals surface area contributed by atoms with E-state index in [-0.39, 0.29) is 35.3 Å².